The number of likely N-dealkylation sites (tertiary alicyclic amines) is 1. The third-order valence-electron chi connectivity index (χ3n) is 6.52. The second-order valence-corrected chi connectivity index (χ2v) is 9.04. The average molecular weight is 459 g/mol. The molecule has 3 N–H and O–H groups in total. The maximum atomic E-state index is 13.0. The highest BCUT2D eigenvalue weighted by atomic mass is 16.3. The Balaban J connectivity index is 1.40. The molecule has 0 radical (unpaired) electrons. The van der Waals surface area contributed by atoms with Crippen LogP contribution < -0.4 is 11.3 Å². The number of aromatic nitrogens is 2. The largest absolute Gasteiger partial charge is 0.388 e. The standard InChI is InChI=1S/C27H30N4O3/c1-20(22-7-3-2-4-8-22)16-25(32)30-14-11-27(34,12-15-30)18-31-19-29-24-17-21(6-5-13-28)9-10-23(24)26(31)33/h2-4,7-10,17,19-20,34H,11-16,18,28H2,1H3. The first-order valence-corrected chi connectivity index (χ1v) is 11.6. The van der Waals surface area contributed by atoms with E-state index in [0.29, 0.717) is 43.3 Å². The molecule has 1 saturated heterocycles. The summed E-state index contributed by atoms with van der Waals surface area (Å²) in [6, 6.07) is 15.3. The molecule has 1 aliphatic rings. The van der Waals surface area contributed by atoms with Gasteiger partial charge in [0.2, 0.25) is 5.91 Å². The van der Waals surface area contributed by atoms with Crippen LogP contribution >= 0.6 is 0 Å². The second-order valence-electron chi connectivity index (χ2n) is 9.04. The van der Waals surface area contributed by atoms with Crippen molar-refractivity contribution in [3.8, 4) is 11.8 Å². The Kier molecular flexibility index (Phi) is 7.11. The maximum absolute atomic E-state index is 13.0. The van der Waals surface area contributed by atoms with Crippen molar-refractivity contribution >= 4 is 16.8 Å². The SMILES string of the molecule is CC(CC(=O)N1CCC(O)(Cn2cnc3cc(C#CCN)ccc3c2=O)CC1)c1ccccc1. The normalized spacial score (nSPS) is 16.0. The van der Waals surface area contributed by atoms with Gasteiger partial charge in [-0.1, -0.05) is 49.1 Å². The Bertz CT molecular complexity index is 1280. The van der Waals surface area contributed by atoms with E-state index in [1.54, 1.807) is 18.2 Å². The van der Waals surface area contributed by atoms with Crippen LogP contribution in [0.3, 0.4) is 0 Å². The third kappa shape index (κ3) is 5.36. The van der Waals surface area contributed by atoms with Gasteiger partial charge in [-0.05, 0) is 42.5 Å². The molecule has 7 heteroatoms. The molecule has 34 heavy (non-hydrogen) atoms. The molecule has 176 valence electrons. The summed E-state index contributed by atoms with van der Waals surface area (Å²) in [6.07, 6.45) is 2.74. The highest BCUT2D eigenvalue weighted by Crippen LogP contribution is 2.26. The summed E-state index contributed by atoms with van der Waals surface area (Å²) in [5.74, 6) is 5.96. The molecule has 3 aromatic rings. The lowest BCUT2D eigenvalue weighted by atomic mass is 9.90. The van der Waals surface area contributed by atoms with Crippen LogP contribution in [-0.2, 0) is 11.3 Å². The summed E-state index contributed by atoms with van der Waals surface area (Å²) >= 11 is 0. The van der Waals surface area contributed by atoms with Gasteiger partial charge in [-0.25, -0.2) is 4.98 Å². The quantitative estimate of drug-likeness (QED) is 0.571. The van der Waals surface area contributed by atoms with E-state index in [4.69, 9.17) is 5.73 Å². The summed E-state index contributed by atoms with van der Waals surface area (Å²) in [4.78, 5) is 32.0. The molecule has 1 fully saturated rings. The van der Waals surface area contributed by atoms with Gasteiger partial charge in [-0.15, -0.1) is 0 Å². The van der Waals surface area contributed by atoms with Gasteiger partial charge in [0.05, 0.1) is 35.9 Å². The van der Waals surface area contributed by atoms with Crippen LogP contribution in [0.5, 0.6) is 0 Å². The summed E-state index contributed by atoms with van der Waals surface area (Å²) in [5, 5.41) is 11.6. The predicted molar refractivity (Wildman–Crippen MR) is 132 cm³/mol. The van der Waals surface area contributed by atoms with Crippen LogP contribution in [0.4, 0.5) is 0 Å². The average Bonchev–Trinajstić information content (AvgIpc) is 2.85. The zero-order chi connectivity index (χ0) is 24.1. The van der Waals surface area contributed by atoms with Crippen LogP contribution in [-0.4, -0.2) is 50.7 Å². The molecule has 1 atom stereocenters. The minimum atomic E-state index is -1.06. The van der Waals surface area contributed by atoms with E-state index in [0.717, 1.165) is 11.1 Å². The fraction of sp³-hybridized carbons (Fsp3) is 0.370. The number of hydrogen-bond donors (Lipinski definition) is 2. The zero-order valence-electron chi connectivity index (χ0n) is 19.4. The van der Waals surface area contributed by atoms with Gasteiger partial charge in [0.15, 0.2) is 0 Å². The number of amides is 1. The second kappa shape index (κ2) is 10.2. The van der Waals surface area contributed by atoms with Crippen LogP contribution in [0.25, 0.3) is 10.9 Å². The molecule has 7 nitrogen and oxygen atoms in total. The summed E-state index contributed by atoms with van der Waals surface area (Å²) in [7, 11) is 0. The minimum Gasteiger partial charge on any atom is -0.388 e. The molecule has 2 heterocycles. The fourth-order valence-electron chi connectivity index (χ4n) is 4.44. The first-order chi connectivity index (χ1) is 16.4. The van der Waals surface area contributed by atoms with Crippen molar-refractivity contribution in [3.63, 3.8) is 0 Å². The lowest BCUT2D eigenvalue weighted by molar-refractivity contribution is -0.136. The van der Waals surface area contributed by atoms with Crippen LogP contribution in [0.15, 0.2) is 59.7 Å². The minimum absolute atomic E-state index is 0.0940. The number of benzene rings is 2. The van der Waals surface area contributed by atoms with Gasteiger partial charge in [0.25, 0.3) is 5.56 Å². The van der Waals surface area contributed by atoms with E-state index < -0.39 is 5.60 Å². The maximum Gasteiger partial charge on any atom is 0.261 e. The first-order valence-electron chi connectivity index (χ1n) is 11.6. The van der Waals surface area contributed by atoms with Gasteiger partial charge in [0.1, 0.15) is 0 Å². The van der Waals surface area contributed by atoms with Crippen molar-refractivity contribution in [3.05, 3.63) is 76.3 Å². The number of carbonyl (C=O) groups excluding carboxylic acids is 1. The van der Waals surface area contributed by atoms with Crippen molar-refractivity contribution in [2.75, 3.05) is 19.6 Å². The summed E-state index contributed by atoms with van der Waals surface area (Å²) < 4.78 is 1.46. The van der Waals surface area contributed by atoms with Gasteiger partial charge in [0, 0.05) is 25.1 Å². The van der Waals surface area contributed by atoms with Crippen LogP contribution in [0.2, 0.25) is 0 Å². The van der Waals surface area contributed by atoms with E-state index in [2.05, 4.69) is 23.7 Å². The Morgan fingerprint density at radius 2 is 1.94 bits per heavy atom. The number of piperidine rings is 1. The molecule has 0 spiro atoms. The van der Waals surface area contributed by atoms with Crippen LogP contribution in [0, 0.1) is 11.8 Å². The van der Waals surface area contributed by atoms with E-state index in [1.165, 1.54) is 10.9 Å². The van der Waals surface area contributed by atoms with Gasteiger partial charge < -0.3 is 15.7 Å². The van der Waals surface area contributed by atoms with Crippen molar-refractivity contribution in [1.29, 1.82) is 0 Å². The first kappa shape index (κ1) is 23.7. The van der Waals surface area contributed by atoms with E-state index in [1.807, 2.05) is 35.2 Å². The van der Waals surface area contributed by atoms with Gasteiger partial charge >= 0.3 is 0 Å². The molecule has 1 amide bonds. The molecular formula is C27H30N4O3. The molecule has 0 aliphatic carbocycles. The molecule has 1 unspecified atom stereocenters. The number of carbonyl (C=O) groups is 1. The Hall–Kier alpha value is -3.47. The Labute approximate surface area is 199 Å². The highest BCUT2D eigenvalue weighted by Gasteiger charge is 2.35. The fourth-order valence-corrected chi connectivity index (χ4v) is 4.44. The molecule has 4 rings (SSSR count). The van der Waals surface area contributed by atoms with Crippen molar-refractivity contribution < 1.29 is 9.90 Å². The highest BCUT2D eigenvalue weighted by molar-refractivity contribution is 5.79. The third-order valence-corrected chi connectivity index (χ3v) is 6.52. The molecule has 0 bridgehead atoms. The monoisotopic (exact) mass is 458 g/mol. The molecule has 2 aromatic carbocycles. The Morgan fingerprint density at radius 1 is 1.21 bits per heavy atom. The van der Waals surface area contributed by atoms with Gasteiger partial charge in [-0.2, -0.15) is 0 Å². The number of nitrogens with two attached hydrogens (primary N) is 1. The number of fused-ring (bicyclic) bond motifs is 1. The summed E-state index contributed by atoms with van der Waals surface area (Å²) in [5.41, 5.74) is 6.61. The number of hydrogen-bond acceptors (Lipinski definition) is 5. The Morgan fingerprint density at radius 3 is 2.65 bits per heavy atom. The van der Waals surface area contributed by atoms with Crippen LogP contribution in [0.1, 0.15) is 43.2 Å². The topological polar surface area (TPSA) is 101 Å². The molecular weight excluding hydrogens is 428 g/mol. The smallest absolute Gasteiger partial charge is 0.261 e. The van der Waals surface area contributed by atoms with Crippen molar-refractivity contribution in [1.82, 2.24) is 14.5 Å². The predicted octanol–water partition coefficient (Wildman–Crippen LogP) is 2.25. The van der Waals surface area contributed by atoms with Gasteiger partial charge in [-0.3, -0.25) is 14.2 Å². The number of aliphatic hydroxyl groups is 1. The van der Waals surface area contributed by atoms with E-state index in [-0.39, 0.29) is 30.5 Å². The lowest BCUT2D eigenvalue weighted by Crippen LogP contribution is -2.49. The van der Waals surface area contributed by atoms with Crippen molar-refractivity contribution in [2.45, 2.75) is 44.2 Å². The molecule has 1 aromatic heterocycles. The zero-order valence-corrected chi connectivity index (χ0v) is 19.4. The molecule has 0 saturated carbocycles. The number of rotatable bonds is 5. The van der Waals surface area contributed by atoms with E-state index >= 15 is 0 Å². The van der Waals surface area contributed by atoms with Crippen molar-refractivity contribution in [2.24, 2.45) is 5.73 Å². The summed E-state index contributed by atoms with van der Waals surface area (Å²) in [6.45, 7) is 3.40. The molecule has 1 aliphatic heterocycles. The van der Waals surface area contributed by atoms with E-state index in [9.17, 15) is 14.7 Å². The number of nitrogens with zero attached hydrogens (tertiary/aromatic N) is 3. The lowest BCUT2D eigenvalue weighted by Gasteiger charge is -2.38.